The number of piperazine rings is 1. The molecule has 3 heteroatoms. The minimum absolute atomic E-state index is 0.338. The minimum atomic E-state index is 0.338. The molecule has 1 saturated heterocycles. The van der Waals surface area contributed by atoms with E-state index in [0.29, 0.717) is 12.1 Å². The molecule has 1 aliphatic rings. The molecule has 1 aromatic rings. The summed E-state index contributed by atoms with van der Waals surface area (Å²) in [5.74, 6) is 0.982. The summed E-state index contributed by atoms with van der Waals surface area (Å²) >= 11 is 0. The lowest BCUT2D eigenvalue weighted by Crippen LogP contribution is -2.49. The number of nitrogens with one attached hydrogen (secondary N) is 2. The van der Waals surface area contributed by atoms with E-state index in [1.165, 1.54) is 11.1 Å². The molecule has 2 N–H and O–H groups in total. The smallest absolute Gasteiger partial charge is 0.123 e. The van der Waals surface area contributed by atoms with E-state index in [-0.39, 0.29) is 0 Å². The van der Waals surface area contributed by atoms with Crippen LogP contribution in [0.25, 0.3) is 0 Å². The number of benzene rings is 1. The third kappa shape index (κ3) is 2.61. The molecule has 1 fully saturated rings. The molecule has 0 radical (unpaired) electrons. The van der Waals surface area contributed by atoms with Crippen LogP contribution in [-0.4, -0.2) is 26.2 Å². The van der Waals surface area contributed by atoms with Gasteiger partial charge >= 0.3 is 0 Å². The van der Waals surface area contributed by atoms with Crippen LogP contribution in [0.3, 0.4) is 0 Å². The minimum Gasteiger partial charge on any atom is -0.496 e. The Morgan fingerprint density at radius 3 is 2.71 bits per heavy atom. The van der Waals surface area contributed by atoms with Gasteiger partial charge in [0.2, 0.25) is 0 Å². The highest BCUT2D eigenvalue weighted by molar-refractivity contribution is 5.40. The van der Waals surface area contributed by atoms with Crippen LogP contribution in [0, 0.1) is 0 Å². The molecule has 17 heavy (non-hydrogen) atoms. The molecule has 3 nitrogen and oxygen atoms in total. The Morgan fingerprint density at radius 1 is 1.29 bits per heavy atom. The normalized spacial score (nSPS) is 24.6. The fourth-order valence-corrected chi connectivity index (χ4v) is 2.45. The highest BCUT2D eigenvalue weighted by Crippen LogP contribution is 2.29. The zero-order chi connectivity index (χ0) is 12.3. The molecule has 2 unspecified atom stereocenters. The molecule has 1 heterocycles. The molecule has 0 bridgehead atoms. The van der Waals surface area contributed by atoms with E-state index in [4.69, 9.17) is 4.74 Å². The maximum absolute atomic E-state index is 5.48. The monoisotopic (exact) mass is 234 g/mol. The Labute approximate surface area is 104 Å². The highest BCUT2D eigenvalue weighted by Gasteiger charge is 2.24. The van der Waals surface area contributed by atoms with Crippen molar-refractivity contribution < 1.29 is 4.74 Å². The van der Waals surface area contributed by atoms with Gasteiger partial charge in [-0.15, -0.1) is 0 Å². The quantitative estimate of drug-likeness (QED) is 0.838. The van der Waals surface area contributed by atoms with Crippen LogP contribution in [0.4, 0.5) is 0 Å². The summed E-state index contributed by atoms with van der Waals surface area (Å²) in [6.45, 7) is 6.44. The number of hydrogen-bond donors (Lipinski definition) is 2. The molecule has 2 atom stereocenters. The van der Waals surface area contributed by atoms with Crippen molar-refractivity contribution in [3.05, 3.63) is 29.3 Å². The van der Waals surface area contributed by atoms with Gasteiger partial charge in [-0.1, -0.05) is 19.1 Å². The fraction of sp³-hybridized carbons (Fsp3) is 0.571. The summed E-state index contributed by atoms with van der Waals surface area (Å²) in [6.07, 6.45) is 1.06. The second-order valence-electron chi connectivity index (χ2n) is 4.60. The summed E-state index contributed by atoms with van der Waals surface area (Å²) in [6, 6.07) is 7.26. The molecule has 1 aromatic carbocycles. The SMILES string of the molecule is CCc1ccc(OC)c(C2NCCNC2C)c1. The molecule has 94 valence electrons. The van der Waals surface area contributed by atoms with E-state index in [1.807, 2.05) is 0 Å². The van der Waals surface area contributed by atoms with Gasteiger partial charge in [-0.2, -0.15) is 0 Å². The first kappa shape index (κ1) is 12.4. The lowest BCUT2D eigenvalue weighted by molar-refractivity contribution is 0.330. The van der Waals surface area contributed by atoms with E-state index in [9.17, 15) is 0 Å². The second-order valence-corrected chi connectivity index (χ2v) is 4.60. The fourth-order valence-electron chi connectivity index (χ4n) is 2.45. The van der Waals surface area contributed by atoms with Gasteiger partial charge in [0, 0.05) is 24.7 Å². The van der Waals surface area contributed by atoms with Crippen molar-refractivity contribution in [3.8, 4) is 5.75 Å². The van der Waals surface area contributed by atoms with Gasteiger partial charge in [-0.25, -0.2) is 0 Å². The van der Waals surface area contributed by atoms with Crippen molar-refractivity contribution in [1.29, 1.82) is 0 Å². The highest BCUT2D eigenvalue weighted by atomic mass is 16.5. The average molecular weight is 234 g/mol. The Kier molecular flexibility index (Phi) is 4.02. The van der Waals surface area contributed by atoms with E-state index in [1.54, 1.807) is 7.11 Å². The van der Waals surface area contributed by atoms with Crippen LogP contribution in [0.15, 0.2) is 18.2 Å². The van der Waals surface area contributed by atoms with Gasteiger partial charge in [-0.3, -0.25) is 0 Å². The second kappa shape index (κ2) is 5.52. The standard InChI is InChI=1S/C14H22N2O/c1-4-11-5-6-13(17-3)12(9-11)14-10(2)15-7-8-16-14/h5-6,9-10,14-16H,4,7-8H2,1-3H3. The molecule has 1 aliphatic heterocycles. The van der Waals surface area contributed by atoms with Crippen LogP contribution < -0.4 is 15.4 Å². The van der Waals surface area contributed by atoms with Crippen LogP contribution in [0.5, 0.6) is 5.75 Å². The third-order valence-corrected chi connectivity index (χ3v) is 3.49. The zero-order valence-corrected chi connectivity index (χ0v) is 10.9. The van der Waals surface area contributed by atoms with Crippen LogP contribution in [0.2, 0.25) is 0 Å². The number of ether oxygens (including phenoxy) is 1. The van der Waals surface area contributed by atoms with Gasteiger partial charge in [0.05, 0.1) is 13.2 Å². The molecular weight excluding hydrogens is 212 g/mol. The van der Waals surface area contributed by atoms with Crippen molar-refractivity contribution in [2.24, 2.45) is 0 Å². The van der Waals surface area contributed by atoms with E-state index in [2.05, 4.69) is 42.7 Å². The Morgan fingerprint density at radius 2 is 2.06 bits per heavy atom. The van der Waals surface area contributed by atoms with Gasteiger partial charge in [0.15, 0.2) is 0 Å². The average Bonchev–Trinajstić information content (AvgIpc) is 2.38. The molecule has 0 saturated carbocycles. The summed E-state index contributed by atoms with van der Waals surface area (Å²) in [4.78, 5) is 0. The topological polar surface area (TPSA) is 33.3 Å². The van der Waals surface area contributed by atoms with Crippen molar-refractivity contribution >= 4 is 0 Å². The Bertz CT molecular complexity index is 378. The van der Waals surface area contributed by atoms with Gasteiger partial charge in [-0.05, 0) is 25.0 Å². The summed E-state index contributed by atoms with van der Waals surface area (Å²) < 4.78 is 5.48. The number of aryl methyl sites for hydroxylation is 1. The summed E-state index contributed by atoms with van der Waals surface area (Å²) in [5, 5.41) is 7.07. The van der Waals surface area contributed by atoms with E-state index >= 15 is 0 Å². The van der Waals surface area contributed by atoms with Gasteiger partial charge < -0.3 is 15.4 Å². The van der Waals surface area contributed by atoms with Crippen LogP contribution in [-0.2, 0) is 6.42 Å². The van der Waals surface area contributed by atoms with Gasteiger partial charge in [0.25, 0.3) is 0 Å². The van der Waals surface area contributed by atoms with E-state index in [0.717, 1.165) is 25.3 Å². The summed E-state index contributed by atoms with van der Waals surface area (Å²) in [5.41, 5.74) is 2.63. The van der Waals surface area contributed by atoms with Crippen LogP contribution in [0.1, 0.15) is 31.0 Å². The van der Waals surface area contributed by atoms with Crippen molar-refractivity contribution in [2.75, 3.05) is 20.2 Å². The number of rotatable bonds is 3. The predicted molar refractivity (Wildman–Crippen MR) is 70.6 cm³/mol. The first-order valence-corrected chi connectivity index (χ1v) is 6.39. The maximum Gasteiger partial charge on any atom is 0.123 e. The molecular formula is C14H22N2O. The van der Waals surface area contributed by atoms with E-state index < -0.39 is 0 Å². The van der Waals surface area contributed by atoms with Crippen molar-refractivity contribution in [3.63, 3.8) is 0 Å². The Balaban J connectivity index is 2.33. The molecule has 2 rings (SSSR count). The van der Waals surface area contributed by atoms with Crippen molar-refractivity contribution in [1.82, 2.24) is 10.6 Å². The van der Waals surface area contributed by atoms with Crippen LogP contribution >= 0.6 is 0 Å². The molecule has 0 spiro atoms. The lowest BCUT2D eigenvalue weighted by Gasteiger charge is -2.32. The zero-order valence-electron chi connectivity index (χ0n) is 10.9. The third-order valence-electron chi connectivity index (χ3n) is 3.49. The maximum atomic E-state index is 5.48. The van der Waals surface area contributed by atoms with Crippen molar-refractivity contribution in [2.45, 2.75) is 32.4 Å². The molecule has 0 aromatic heterocycles. The molecule has 0 amide bonds. The lowest BCUT2D eigenvalue weighted by atomic mass is 9.95. The Hall–Kier alpha value is -1.06. The summed E-state index contributed by atoms with van der Waals surface area (Å²) in [7, 11) is 1.74. The number of hydrogen-bond acceptors (Lipinski definition) is 3. The van der Waals surface area contributed by atoms with Gasteiger partial charge in [0.1, 0.15) is 5.75 Å². The first-order valence-electron chi connectivity index (χ1n) is 6.39. The molecule has 0 aliphatic carbocycles. The largest absolute Gasteiger partial charge is 0.496 e. The predicted octanol–water partition coefficient (Wildman–Crippen LogP) is 1.88. The first-order chi connectivity index (χ1) is 8.26. The number of methoxy groups -OCH3 is 1.